The molecule has 0 unspecified atom stereocenters. The fraction of sp³-hybridized carbons (Fsp3) is 0.312. The van der Waals surface area contributed by atoms with Crippen molar-refractivity contribution in [3.63, 3.8) is 0 Å². The van der Waals surface area contributed by atoms with E-state index in [4.69, 9.17) is 0 Å². The average Bonchev–Trinajstić information content (AvgIpc) is 3.05. The predicted molar refractivity (Wildman–Crippen MR) is 93.9 cm³/mol. The average molecular weight is 357 g/mol. The zero-order chi connectivity index (χ0) is 17.7. The summed E-state index contributed by atoms with van der Waals surface area (Å²) in [5, 5.41) is 10.1. The van der Waals surface area contributed by atoms with E-state index in [2.05, 4.69) is 26.2 Å². The molecule has 1 saturated heterocycles. The quantitative estimate of drug-likeness (QED) is 0.761. The van der Waals surface area contributed by atoms with E-state index in [1.165, 1.54) is 17.1 Å². The van der Waals surface area contributed by atoms with Crippen molar-refractivity contribution in [2.24, 2.45) is 5.92 Å². The molecule has 128 valence electrons. The van der Waals surface area contributed by atoms with Gasteiger partial charge in [-0.15, -0.1) is 0 Å². The van der Waals surface area contributed by atoms with Crippen LogP contribution in [-0.4, -0.2) is 43.1 Å². The Morgan fingerprint density at radius 1 is 1.40 bits per heavy atom. The number of rotatable bonds is 3. The molecule has 8 nitrogen and oxygen atoms in total. The van der Waals surface area contributed by atoms with E-state index in [1.807, 2.05) is 6.07 Å². The second kappa shape index (κ2) is 5.62. The molecule has 0 saturated carbocycles. The number of fused-ring (bicyclic) bond motifs is 1. The smallest absolute Gasteiger partial charge is 0.341 e. The molecule has 3 aromatic rings. The van der Waals surface area contributed by atoms with E-state index in [0.717, 1.165) is 30.4 Å². The Balaban J connectivity index is 2.04. The monoisotopic (exact) mass is 357 g/mol. The minimum Gasteiger partial charge on any atom is -0.477 e. The summed E-state index contributed by atoms with van der Waals surface area (Å²) in [7, 11) is 0. The number of carboxylic acid groups (broad SMARTS) is 1. The summed E-state index contributed by atoms with van der Waals surface area (Å²) >= 11 is 1.11. The molecule has 0 aliphatic carbocycles. The molecule has 4 heterocycles. The van der Waals surface area contributed by atoms with Crippen LogP contribution in [0.1, 0.15) is 22.8 Å². The van der Waals surface area contributed by atoms with Crippen LogP contribution in [0.25, 0.3) is 16.2 Å². The normalized spacial score (nSPS) is 14.7. The molecular formula is C16H15N5O3S. The Morgan fingerprint density at radius 3 is 2.76 bits per heavy atom. The van der Waals surface area contributed by atoms with Crippen molar-refractivity contribution in [3.05, 3.63) is 39.9 Å². The number of nitrogens with zero attached hydrogens (tertiary/aromatic N) is 5. The van der Waals surface area contributed by atoms with Gasteiger partial charge in [0.05, 0.1) is 5.39 Å². The summed E-state index contributed by atoms with van der Waals surface area (Å²) in [6.45, 7) is 5.79. The largest absolute Gasteiger partial charge is 0.477 e. The highest BCUT2D eigenvalue weighted by Crippen LogP contribution is 2.27. The molecule has 0 radical (unpaired) electrons. The lowest BCUT2D eigenvalue weighted by atomic mass is 10.0. The highest BCUT2D eigenvalue weighted by Gasteiger charge is 2.26. The van der Waals surface area contributed by atoms with Gasteiger partial charge in [-0.05, 0) is 24.5 Å². The van der Waals surface area contributed by atoms with Gasteiger partial charge in [0.15, 0.2) is 5.65 Å². The Morgan fingerprint density at radius 2 is 2.16 bits per heavy atom. The molecule has 0 spiro atoms. The van der Waals surface area contributed by atoms with Crippen LogP contribution in [0.15, 0.2) is 23.4 Å². The summed E-state index contributed by atoms with van der Waals surface area (Å²) in [5.41, 5.74) is 0.266. The predicted octanol–water partition coefficient (Wildman–Crippen LogP) is 1.70. The standard InChI is InChI=1S/C16H15N5O3S/c1-8-4-20(5-8)11-3-9(2)12-13(22)10(15(23)24)6-21(14(12)19-11)16-17-7-18-25-16/h3,6-8H,4-5H2,1-2H3,(H,23,24). The first-order valence-electron chi connectivity index (χ1n) is 7.78. The molecule has 25 heavy (non-hydrogen) atoms. The van der Waals surface area contributed by atoms with Crippen molar-refractivity contribution in [1.29, 1.82) is 0 Å². The third kappa shape index (κ3) is 2.47. The van der Waals surface area contributed by atoms with E-state index in [0.29, 0.717) is 27.6 Å². The molecular weight excluding hydrogens is 342 g/mol. The van der Waals surface area contributed by atoms with Gasteiger partial charge in [-0.3, -0.25) is 9.36 Å². The topological polar surface area (TPSA) is 101 Å². The van der Waals surface area contributed by atoms with Crippen LogP contribution in [0.4, 0.5) is 5.82 Å². The van der Waals surface area contributed by atoms with Crippen LogP contribution in [0.2, 0.25) is 0 Å². The Kier molecular flexibility index (Phi) is 3.53. The van der Waals surface area contributed by atoms with Gasteiger partial charge >= 0.3 is 5.97 Å². The number of carboxylic acids is 1. The number of aryl methyl sites for hydroxylation is 1. The lowest BCUT2D eigenvalue weighted by Gasteiger charge is -2.38. The zero-order valence-corrected chi connectivity index (χ0v) is 14.4. The molecule has 0 amide bonds. The van der Waals surface area contributed by atoms with Gasteiger partial charge in [0.25, 0.3) is 0 Å². The second-order valence-corrected chi connectivity index (χ2v) is 7.04. The molecule has 0 aromatic carbocycles. The van der Waals surface area contributed by atoms with Crippen molar-refractivity contribution in [2.45, 2.75) is 13.8 Å². The molecule has 4 rings (SSSR count). The van der Waals surface area contributed by atoms with Crippen LogP contribution in [0.5, 0.6) is 0 Å². The van der Waals surface area contributed by atoms with Crippen LogP contribution < -0.4 is 10.3 Å². The Bertz CT molecular complexity index is 1040. The maximum atomic E-state index is 12.6. The molecule has 0 atom stereocenters. The first-order valence-corrected chi connectivity index (χ1v) is 8.55. The minimum atomic E-state index is -1.27. The van der Waals surface area contributed by atoms with Gasteiger partial charge in [-0.1, -0.05) is 6.92 Å². The Hall–Kier alpha value is -2.81. The van der Waals surface area contributed by atoms with Crippen molar-refractivity contribution >= 4 is 34.4 Å². The Labute approximate surface area is 146 Å². The van der Waals surface area contributed by atoms with E-state index in [1.54, 1.807) is 6.92 Å². The number of hydrogen-bond donors (Lipinski definition) is 1. The summed E-state index contributed by atoms with van der Waals surface area (Å²) in [6, 6.07) is 1.84. The maximum absolute atomic E-state index is 12.6. The number of pyridine rings is 2. The van der Waals surface area contributed by atoms with Crippen LogP contribution in [-0.2, 0) is 0 Å². The number of hydrogen-bond acceptors (Lipinski definition) is 7. The highest BCUT2D eigenvalue weighted by atomic mass is 32.1. The lowest BCUT2D eigenvalue weighted by Crippen LogP contribution is -2.45. The molecule has 1 N–H and O–H groups in total. The van der Waals surface area contributed by atoms with Crippen molar-refractivity contribution < 1.29 is 9.90 Å². The van der Waals surface area contributed by atoms with Gasteiger partial charge in [-0.25, -0.2) is 14.8 Å². The summed E-state index contributed by atoms with van der Waals surface area (Å²) in [4.78, 5) is 35.1. The molecule has 1 aliphatic rings. The van der Waals surface area contributed by atoms with Crippen molar-refractivity contribution in [2.75, 3.05) is 18.0 Å². The summed E-state index contributed by atoms with van der Waals surface area (Å²) in [6.07, 6.45) is 2.67. The van der Waals surface area contributed by atoms with E-state index in [9.17, 15) is 14.7 Å². The van der Waals surface area contributed by atoms with Gasteiger partial charge < -0.3 is 10.0 Å². The summed E-state index contributed by atoms with van der Waals surface area (Å²) in [5.74, 6) is 0.117. The minimum absolute atomic E-state index is 0.299. The highest BCUT2D eigenvalue weighted by molar-refractivity contribution is 7.08. The maximum Gasteiger partial charge on any atom is 0.341 e. The first kappa shape index (κ1) is 15.7. The second-order valence-electron chi connectivity index (χ2n) is 6.28. The van der Waals surface area contributed by atoms with Gasteiger partial charge in [0.1, 0.15) is 17.7 Å². The van der Waals surface area contributed by atoms with E-state index < -0.39 is 11.4 Å². The fourth-order valence-electron chi connectivity index (χ4n) is 3.10. The van der Waals surface area contributed by atoms with Gasteiger partial charge in [0, 0.05) is 30.8 Å². The first-order chi connectivity index (χ1) is 12.0. The van der Waals surface area contributed by atoms with E-state index >= 15 is 0 Å². The zero-order valence-electron chi connectivity index (χ0n) is 13.6. The van der Waals surface area contributed by atoms with Crippen LogP contribution in [0.3, 0.4) is 0 Å². The summed E-state index contributed by atoms with van der Waals surface area (Å²) < 4.78 is 5.50. The molecule has 0 bridgehead atoms. The van der Waals surface area contributed by atoms with Gasteiger partial charge in [0.2, 0.25) is 10.6 Å². The number of aromatic carboxylic acids is 1. The van der Waals surface area contributed by atoms with Crippen LogP contribution >= 0.6 is 11.5 Å². The van der Waals surface area contributed by atoms with Crippen LogP contribution in [0, 0.1) is 12.8 Å². The molecule has 1 fully saturated rings. The van der Waals surface area contributed by atoms with E-state index in [-0.39, 0.29) is 5.56 Å². The third-order valence-corrected chi connectivity index (χ3v) is 4.98. The molecule has 3 aromatic heterocycles. The SMILES string of the molecule is Cc1cc(N2CC(C)C2)nc2c1c(=O)c(C(=O)O)cn2-c1ncns1. The number of aromatic nitrogens is 4. The third-order valence-electron chi connectivity index (χ3n) is 4.32. The van der Waals surface area contributed by atoms with Crippen molar-refractivity contribution in [1.82, 2.24) is 18.9 Å². The molecule has 1 aliphatic heterocycles. The number of anilines is 1. The lowest BCUT2D eigenvalue weighted by molar-refractivity contribution is 0.0695. The van der Waals surface area contributed by atoms with Gasteiger partial charge in [-0.2, -0.15) is 4.37 Å². The fourth-order valence-corrected chi connectivity index (χ4v) is 3.61. The molecule has 9 heteroatoms. The van der Waals surface area contributed by atoms with Crippen molar-refractivity contribution in [3.8, 4) is 5.13 Å². The number of carbonyl (C=O) groups is 1.